The fourth-order valence-electron chi connectivity index (χ4n) is 3.63. The smallest absolute Gasteiger partial charge is 0.230 e. The Labute approximate surface area is 204 Å². The second kappa shape index (κ2) is 12.0. The van der Waals surface area contributed by atoms with E-state index in [0.717, 1.165) is 34.3 Å². The number of benzene rings is 3. The van der Waals surface area contributed by atoms with Crippen LogP contribution in [0.2, 0.25) is 0 Å². The van der Waals surface area contributed by atoms with Crippen molar-refractivity contribution in [1.82, 2.24) is 10.3 Å². The number of aromatic hydroxyl groups is 1. The van der Waals surface area contributed by atoms with E-state index in [1.54, 1.807) is 24.3 Å². The monoisotopic (exact) mass is 471 g/mol. The summed E-state index contributed by atoms with van der Waals surface area (Å²) in [5.74, 6) is 0.668. The van der Waals surface area contributed by atoms with Gasteiger partial charge in [0.1, 0.15) is 24.2 Å². The molecule has 7 nitrogen and oxygen atoms in total. The van der Waals surface area contributed by atoms with Gasteiger partial charge in [-0.3, -0.25) is 9.78 Å². The number of phenolic OH excluding ortho intramolecular Hbond substituents is 1. The normalized spacial score (nSPS) is 11.8. The zero-order valence-electron chi connectivity index (χ0n) is 19.4. The maximum atomic E-state index is 12.4. The average molecular weight is 472 g/mol. The number of rotatable bonds is 11. The molecule has 0 bridgehead atoms. The minimum Gasteiger partial charge on any atom is -0.508 e. The lowest BCUT2D eigenvalue weighted by Crippen LogP contribution is -2.32. The number of para-hydroxylation sites is 1. The van der Waals surface area contributed by atoms with Crippen molar-refractivity contribution in [2.75, 3.05) is 25.0 Å². The number of phenols is 1. The third-order valence-corrected chi connectivity index (χ3v) is 5.48. The summed E-state index contributed by atoms with van der Waals surface area (Å²) in [5.41, 5.74) is 3.49. The van der Waals surface area contributed by atoms with Crippen LogP contribution < -0.4 is 15.4 Å². The van der Waals surface area contributed by atoms with Gasteiger partial charge in [-0.1, -0.05) is 36.4 Å². The van der Waals surface area contributed by atoms with Crippen LogP contribution in [-0.2, 0) is 17.6 Å². The van der Waals surface area contributed by atoms with Gasteiger partial charge in [0.25, 0.3) is 0 Å². The molecule has 0 aliphatic rings. The van der Waals surface area contributed by atoms with Crippen molar-refractivity contribution in [2.45, 2.75) is 18.9 Å². The van der Waals surface area contributed by atoms with E-state index in [1.807, 2.05) is 60.7 Å². The molecule has 0 fully saturated rings. The summed E-state index contributed by atoms with van der Waals surface area (Å²) in [7, 11) is 0. The van der Waals surface area contributed by atoms with Crippen LogP contribution >= 0.6 is 0 Å². The topological polar surface area (TPSA) is 104 Å². The molecule has 35 heavy (non-hydrogen) atoms. The van der Waals surface area contributed by atoms with Crippen LogP contribution in [0.15, 0.2) is 84.9 Å². The van der Waals surface area contributed by atoms with E-state index in [-0.39, 0.29) is 24.7 Å². The van der Waals surface area contributed by atoms with Gasteiger partial charge in [-0.15, -0.1) is 0 Å². The van der Waals surface area contributed by atoms with Crippen molar-refractivity contribution in [2.24, 2.45) is 0 Å². The van der Waals surface area contributed by atoms with E-state index >= 15 is 0 Å². The SMILES string of the molecule is O=C(Cc1ccc2ccccc2n1)Nc1ccc(CCNC[C@H](O)COc2ccc(O)cc2)cc1. The zero-order chi connectivity index (χ0) is 24.5. The van der Waals surface area contributed by atoms with Crippen LogP contribution in [-0.4, -0.2) is 46.9 Å². The number of pyridine rings is 1. The van der Waals surface area contributed by atoms with Gasteiger partial charge in [-0.25, -0.2) is 0 Å². The largest absolute Gasteiger partial charge is 0.508 e. The number of ether oxygens (including phenoxy) is 1. The molecule has 1 atom stereocenters. The maximum absolute atomic E-state index is 12.4. The summed E-state index contributed by atoms with van der Waals surface area (Å²) in [5, 5.41) is 26.5. The molecule has 0 aliphatic carbocycles. The van der Waals surface area contributed by atoms with Crippen LogP contribution in [0.25, 0.3) is 10.9 Å². The predicted molar refractivity (Wildman–Crippen MR) is 137 cm³/mol. The van der Waals surface area contributed by atoms with Gasteiger partial charge in [0.05, 0.1) is 17.6 Å². The second-order valence-corrected chi connectivity index (χ2v) is 8.33. The first-order valence-corrected chi connectivity index (χ1v) is 11.6. The Kier molecular flexibility index (Phi) is 8.27. The lowest BCUT2D eigenvalue weighted by molar-refractivity contribution is -0.115. The van der Waals surface area contributed by atoms with Gasteiger partial charge < -0.3 is 25.6 Å². The number of carbonyl (C=O) groups excluding carboxylic acids is 1. The average Bonchev–Trinajstić information content (AvgIpc) is 2.87. The molecular formula is C28H29N3O4. The summed E-state index contributed by atoms with van der Waals surface area (Å²) in [6.45, 7) is 1.28. The highest BCUT2D eigenvalue weighted by molar-refractivity contribution is 5.92. The molecule has 0 saturated heterocycles. The van der Waals surface area contributed by atoms with E-state index in [2.05, 4.69) is 15.6 Å². The summed E-state index contributed by atoms with van der Waals surface area (Å²) >= 11 is 0. The van der Waals surface area contributed by atoms with E-state index in [0.29, 0.717) is 18.8 Å². The van der Waals surface area contributed by atoms with Crippen LogP contribution in [0.1, 0.15) is 11.3 Å². The molecule has 4 rings (SSSR count). The first-order chi connectivity index (χ1) is 17.0. The molecular weight excluding hydrogens is 442 g/mol. The van der Waals surface area contributed by atoms with Gasteiger partial charge in [0.2, 0.25) is 5.91 Å². The summed E-state index contributed by atoms with van der Waals surface area (Å²) in [4.78, 5) is 17.0. The highest BCUT2D eigenvalue weighted by Gasteiger charge is 2.08. The number of aliphatic hydroxyl groups excluding tert-OH is 1. The van der Waals surface area contributed by atoms with Crippen LogP contribution in [0.5, 0.6) is 11.5 Å². The van der Waals surface area contributed by atoms with E-state index in [9.17, 15) is 15.0 Å². The number of anilines is 1. The van der Waals surface area contributed by atoms with E-state index < -0.39 is 6.10 Å². The predicted octanol–water partition coefficient (Wildman–Crippen LogP) is 3.69. The fourth-order valence-corrected chi connectivity index (χ4v) is 3.63. The zero-order valence-corrected chi connectivity index (χ0v) is 19.4. The summed E-state index contributed by atoms with van der Waals surface area (Å²) < 4.78 is 5.50. The number of hydrogen-bond acceptors (Lipinski definition) is 6. The molecule has 1 heterocycles. The molecule has 1 amide bonds. The second-order valence-electron chi connectivity index (χ2n) is 8.33. The van der Waals surface area contributed by atoms with Gasteiger partial charge >= 0.3 is 0 Å². The first kappa shape index (κ1) is 24.2. The molecule has 1 aromatic heterocycles. The Morgan fingerprint density at radius 3 is 2.51 bits per heavy atom. The van der Waals surface area contributed by atoms with E-state index in [1.165, 1.54) is 0 Å². The molecule has 0 aliphatic heterocycles. The first-order valence-electron chi connectivity index (χ1n) is 11.6. The lowest BCUT2D eigenvalue weighted by atomic mass is 10.1. The standard InChI is InChI=1S/C28H29N3O4/c32-24-11-13-26(14-12-24)35-19-25(33)18-29-16-15-20-5-8-22(9-6-20)31-28(34)17-23-10-7-21-3-1-2-4-27(21)30-23/h1-14,25,29,32-33H,15-19H2,(H,31,34)/t25-/m0/s1. The fraction of sp³-hybridized carbons (Fsp3) is 0.214. The minimum atomic E-state index is -0.640. The van der Waals surface area contributed by atoms with Crippen molar-refractivity contribution >= 4 is 22.5 Å². The summed E-state index contributed by atoms with van der Waals surface area (Å²) in [6, 6.07) is 25.8. The lowest BCUT2D eigenvalue weighted by Gasteiger charge is -2.13. The Balaban J connectivity index is 1.15. The van der Waals surface area contributed by atoms with Gasteiger partial charge in [0, 0.05) is 17.6 Å². The quantitative estimate of drug-likeness (QED) is 0.249. The van der Waals surface area contributed by atoms with Crippen molar-refractivity contribution in [1.29, 1.82) is 0 Å². The third-order valence-electron chi connectivity index (χ3n) is 5.48. The number of nitrogens with zero attached hydrogens (tertiary/aromatic N) is 1. The van der Waals surface area contributed by atoms with Crippen molar-refractivity contribution in [3.05, 3.63) is 96.2 Å². The minimum absolute atomic E-state index is 0.106. The molecule has 7 heteroatoms. The number of carbonyl (C=O) groups is 1. The van der Waals surface area contributed by atoms with Gasteiger partial charge in [0.15, 0.2) is 0 Å². The van der Waals surface area contributed by atoms with E-state index in [4.69, 9.17) is 4.74 Å². The van der Waals surface area contributed by atoms with Crippen molar-refractivity contribution in [3.63, 3.8) is 0 Å². The molecule has 4 N–H and O–H groups in total. The Morgan fingerprint density at radius 1 is 0.943 bits per heavy atom. The maximum Gasteiger partial charge on any atom is 0.230 e. The van der Waals surface area contributed by atoms with Gasteiger partial charge in [-0.2, -0.15) is 0 Å². The van der Waals surface area contributed by atoms with Crippen LogP contribution in [0.4, 0.5) is 5.69 Å². The molecule has 0 radical (unpaired) electrons. The number of hydrogen-bond donors (Lipinski definition) is 4. The number of amides is 1. The van der Waals surface area contributed by atoms with Crippen molar-refractivity contribution in [3.8, 4) is 11.5 Å². The Bertz CT molecular complexity index is 1240. The molecule has 4 aromatic rings. The summed E-state index contributed by atoms with van der Waals surface area (Å²) in [6.07, 6.45) is 0.370. The Morgan fingerprint density at radius 2 is 1.71 bits per heavy atom. The van der Waals surface area contributed by atoms with Gasteiger partial charge in [-0.05, 0) is 67.1 Å². The molecule has 180 valence electrons. The highest BCUT2D eigenvalue weighted by atomic mass is 16.5. The number of aliphatic hydroxyl groups is 1. The number of nitrogens with one attached hydrogen (secondary N) is 2. The molecule has 0 spiro atoms. The number of aromatic nitrogens is 1. The Hall–Kier alpha value is -3.94. The van der Waals surface area contributed by atoms with Crippen LogP contribution in [0, 0.1) is 0 Å². The van der Waals surface area contributed by atoms with Crippen molar-refractivity contribution < 1.29 is 19.7 Å². The highest BCUT2D eigenvalue weighted by Crippen LogP contribution is 2.16. The number of fused-ring (bicyclic) bond motifs is 1. The molecule has 0 saturated carbocycles. The molecule has 3 aromatic carbocycles. The third kappa shape index (κ3) is 7.53. The molecule has 0 unspecified atom stereocenters. The van der Waals surface area contributed by atoms with Crippen LogP contribution in [0.3, 0.4) is 0 Å².